The Morgan fingerprint density at radius 3 is 2.55 bits per heavy atom. The number of benzene rings is 1. The van der Waals surface area contributed by atoms with Crippen LogP contribution in [0.15, 0.2) is 30.3 Å². The van der Waals surface area contributed by atoms with Gasteiger partial charge in [-0.15, -0.1) is 0 Å². The van der Waals surface area contributed by atoms with Gasteiger partial charge in [0.1, 0.15) is 6.10 Å². The lowest BCUT2D eigenvalue weighted by atomic mass is 10.1. The molecule has 0 spiro atoms. The van der Waals surface area contributed by atoms with Crippen LogP contribution in [0.1, 0.15) is 11.7 Å². The van der Waals surface area contributed by atoms with E-state index in [1.165, 1.54) is 0 Å². The number of rotatable bonds is 2. The first kappa shape index (κ1) is 6.80. The Morgan fingerprint density at radius 1 is 1.36 bits per heavy atom. The van der Waals surface area contributed by atoms with Gasteiger partial charge in [-0.05, 0) is 5.56 Å². The van der Waals surface area contributed by atoms with Gasteiger partial charge in [-0.2, -0.15) is 0 Å². The molecule has 1 aromatic carbocycles. The van der Waals surface area contributed by atoms with Gasteiger partial charge in [0.25, 0.3) is 0 Å². The van der Waals surface area contributed by atoms with Gasteiger partial charge in [0.05, 0.1) is 6.61 Å². The Bertz CT molecular complexity index is 231. The van der Waals surface area contributed by atoms with E-state index in [2.05, 4.69) is 0 Å². The van der Waals surface area contributed by atoms with Crippen molar-refractivity contribution in [1.29, 1.82) is 0 Å². The normalized spacial score (nSPS) is 24.6. The SMILES string of the molecule is F[C@@H](c1ccccc1)[C@@H]1CO1. The van der Waals surface area contributed by atoms with Gasteiger partial charge in [0, 0.05) is 0 Å². The van der Waals surface area contributed by atoms with Gasteiger partial charge in [0.2, 0.25) is 0 Å². The molecule has 1 heterocycles. The molecule has 0 N–H and O–H groups in total. The highest BCUT2D eigenvalue weighted by molar-refractivity contribution is 5.19. The molecule has 1 nitrogen and oxygen atoms in total. The average Bonchev–Trinajstić information content (AvgIpc) is 2.87. The monoisotopic (exact) mass is 152 g/mol. The van der Waals surface area contributed by atoms with E-state index in [9.17, 15) is 4.39 Å². The van der Waals surface area contributed by atoms with E-state index in [1.807, 2.05) is 18.2 Å². The van der Waals surface area contributed by atoms with Gasteiger partial charge in [0.15, 0.2) is 6.17 Å². The first-order valence-corrected chi connectivity index (χ1v) is 3.68. The van der Waals surface area contributed by atoms with Crippen molar-refractivity contribution in [2.24, 2.45) is 0 Å². The Morgan fingerprint density at radius 2 is 2.00 bits per heavy atom. The number of ether oxygens (including phenoxy) is 1. The fourth-order valence-electron chi connectivity index (χ4n) is 1.08. The van der Waals surface area contributed by atoms with E-state index < -0.39 is 6.17 Å². The summed E-state index contributed by atoms with van der Waals surface area (Å²) in [6.07, 6.45) is -1.12. The van der Waals surface area contributed by atoms with Gasteiger partial charge in [-0.3, -0.25) is 0 Å². The van der Waals surface area contributed by atoms with Crippen LogP contribution >= 0.6 is 0 Å². The number of alkyl halides is 1. The number of hydrogen-bond donors (Lipinski definition) is 0. The third-order valence-electron chi connectivity index (χ3n) is 1.80. The van der Waals surface area contributed by atoms with Crippen LogP contribution < -0.4 is 0 Å². The summed E-state index contributed by atoms with van der Waals surface area (Å²) in [6.45, 7) is 0.566. The molecule has 0 radical (unpaired) electrons. The van der Waals surface area contributed by atoms with E-state index in [4.69, 9.17) is 4.74 Å². The van der Waals surface area contributed by atoms with Crippen molar-refractivity contribution < 1.29 is 9.13 Å². The summed E-state index contributed by atoms with van der Waals surface area (Å²) < 4.78 is 18.0. The van der Waals surface area contributed by atoms with E-state index in [1.54, 1.807) is 12.1 Å². The summed E-state index contributed by atoms with van der Waals surface area (Å²) in [5.41, 5.74) is 0.718. The summed E-state index contributed by atoms with van der Waals surface area (Å²) >= 11 is 0. The van der Waals surface area contributed by atoms with E-state index in [0.717, 1.165) is 5.56 Å². The molecule has 0 amide bonds. The zero-order chi connectivity index (χ0) is 7.68. The first-order chi connectivity index (χ1) is 5.38. The van der Waals surface area contributed by atoms with Crippen molar-refractivity contribution in [3.05, 3.63) is 35.9 Å². The maximum absolute atomic E-state index is 13.2. The van der Waals surface area contributed by atoms with Crippen LogP contribution in [0.5, 0.6) is 0 Å². The van der Waals surface area contributed by atoms with Crippen molar-refractivity contribution in [2.75, 3.05) is 6.61 Å². The topological polar surface area (TPSA) is 12.5 Å². The molecule has 1 aliphatic heterocycles. The minimum absolute atomic E-state index is 0.183. The summed E-state index contributed by atoms with van der Waals surface area (Å²) in [5.74, 6) is 0. The molecule has 58 valence electrons. The predicted molar refractivity (Wildman–Crippen MR) is 40.0 cm³/mol. The summed E-state index contributed by atoms with van der Waals surface area (Å²) in [5, 5.41) is 0. The molecular formula is C9H9FO. The highest BCUT2D eigenvalue weighted by Gasteiger charge is 2.33. The van der Waals surface area contributed by atoms with E-state index in [-0.39, 0.29) is 6.10 Å². The van der Waals surface area contributed by atoms with E-state index in [0.29, 0.717) is 6.61 Å². The molecule has 0 aliphatic carbocycles. The summed E-state index contributed by atoms with van der Waals surface area (Å²) in [6, 6.07) is 9.12. The standard InChI is InChI=1S/C9H9FO/c10-9(8-6-11-8)7-4-2-1-3-5-7/h1-5,8-9H,6H2/t8-,9-/m0/s1. The number of epoxide rings is 1. The van der Waals surface area contributed by atoms with Crippen molar-refractivity contribution in [3.63, 3.8) is 0 Å². The number of hydrogen-bond acceptors (Lipinski definition) is 1. The van der Waals surface area contributed by atoms with Crippen LogP contribution in [-0.2, 0) is 4.74 Å². The van der Waals surface area contributed by atoms with Crippen molar-refractivity contribution >= 4 is 0 Å². The molecule has 1 aromatic rings. The maximum Gasteiger partial charge on any atom is 0.153 e. The largest absolute Gasteiger partial charge is 0.370 e. The zero-order valence-electron chi connectivity index (χ0n) is 6.03. The van der Waals surface area contributed by atoms with Crippen LogP contribution in [0.3, 0.4) is 0 Å². The lowest BCUT2D eigenvalue weighted by molar-refractivity contribution is 0.253. The Hall–Kier alpha value is -0.890. The minimum Gasteiger partial charge on any atom is -0.370 e. The number of halogens is 1. The van der Waals surface area contributed by atoms with Crippen LogP contribution in [0, 0.1) is 0 Å². The Balaban J connectivity index is 2.15. The van der Waals surface area contributed by atoms with Gasteiger partial charge in [-0.1, -0.05) is 30.3 Å². The second kappa shape index (κ2) is 2.62. The molecule has 11 heavy (non-hydrogen) atoms. The lowest BCUT2D eigenvalue weighted by Gasteiger charge is -2.02. The molecule has 2 heteroatoms. The molecule has 2 atom stereocenters. The van der Waals surface area contributed by atoms with Crippen LogP contribution in [0.25, 0.3) is 0 Å². The smallest absolute Gasteiger partial charge is 0.153 e. The Labute approximate surface area is 64.8 Å². The van der Waals surface area contributed by atoms with E-state index >= 15 is 0 Å². The molecule has 2 rings (SSSR count). The molecular weight excluding hydrogens is 143 g/mol. The van der Waals surface area contributed by atoms with Gasteiger partial charge in [-0.25, -0.2) is 4.39 Å². The summed E-state index contributed by atoms with van der Waals surface area (Å²) in [4.78, 5) is 0. The quantitative estimate of drug-likeness (QED) is 0.591. The average molecular weight is 152 g/mol. The molecule has 1 saturated heterocycles. The van der Waals surface area contributed by atoms with Crippen molar-refractivity contribution in [2.45, 2.75) is 12.3 Å². The van der Waals surface area contributed by atoms with Gasteiger partial charge < -0.3 is 4.74 Å². The highest BCUT2D eigenvalue weighted by atomic mass is 19.1. The molecule has 0 unspecified atom stereocenters. The third-order valence-corrected chi connectivity index (χ3v) is 1.80. The first-order valence-electron chi connectivity index (χ1n) is 3.68. The molecule has 0 saturated carbocycles. The zero-order valence-corrected chi connectivity index (χ0v) is 6.03. The van der Waals surface area contributed by atoms with Crippen LogP contribution in [0.2, 0.25) is 0 Å². The fourth-order valence-corrected chi connectivity index (χ4v) is 1.08. The lowest BCUT2D eigenvalue weighted by Crippen LogP contribution is -1.98. The van der Waals surface area contributed by atoms with Crippen molar-refractivity contribution in [1.82, 2.24) is 0 Å². The molecule has 0 bridgehead atoms. The second-order valence-electron chi connectivity index (χ2n) is 2.68. The summed E-state index contributed by atoms with van der Waals surface area (Å²) in [7, 11) is 0. The second-order valence-corrected chi connectivity index (χ2v) is 2.68. The predicted octanol–water partition coefficient (Wildman–Crippen LogP) is 2.10. The van der Waals surface area contributed by atoms with Gasteiger partial charge >= 0.3 is 0 Å². The molecule has 1 aliphatic rings. The van der Waals surface area contributed by atoms with Crippen LogP contribution in [-0.4, -0.2) is 12.7 Å². The van der Waals surface area contributed by atoms with Crippen molar-refractivity contribution in [3.8, 4) is 0 Å². The minimum atomic E-state index is -0.934. The fraction of sp³-hybridized carbons (Fsp3) is 0.333. The molecule has 0 aromatic heterocycles. The maximum atomic E-state index is 13.2. The highest BCUT2D eigenvalue weighted by Crippen LogP contribution is 2.30. The van der Waals surface area contributed by atoms with Crippen LogP contribution in [0.4, 0.5) is 4.39 Å². The molecule has 1 fully saturated rings. The Kier molecular flexibility index (Phi) is 1.62. The third kappa shape index (κ3) is 1.40.